The second-order valence-electron chi connectivity index (χ2n) is 9.48. The van der Waals surface area contributed by atoms with Crippen molar-refractivity contribution in [2.24, 2.45) is 10.7 Å². The molecule has 0 saturated heterocycles. The quantitative estimate of drug-likeness (QED) is 0.295. The molecular formula is C26H34ClN5O3. The summed E-state index contributed by atoms with van der Waals surface area (Å²) in [4.78, 5) is 18.5. The van der Waals surface area contributed by atoms with E-state index in [9.17, 15) is 4.79 Å². The topological polar surface area (TPSA) is 113 Å². The molecule has 0 spiro atoms. The largest absolute Gasteiger partial charge is 0.494 e. The Morgan fingerprint density at radius 1 is 1.23 bits per heavy atom. The highest BCUT2D eigenvalue weighted by Gasteiger charge is 2.30. The van der Waals surface area contributed by atoms with Crippen LogP contribution in [0.15, 0.2) is 47.5 Å². The van der Waals surface area contributed by atoms with Crippen LogP contribution >= 0.6 is 11.6 Å². The fraction of sp³-hybridized carbons (Fsp3) is 0.423. The zero-order valence-corrected chi connectivity index (χ0v) is 21.6. The Morgan fingerprint density at radius 2 is 1.91 bits per heavy atom. The van der Waals surface area contributed by atoms with Crippen LogP contribution in [0.4, 0.5) is 10.5 Å². The summed E-state index contributed by atoms with van der Waals surface area (Å²) in [7, 11) is 0. The van der Waals surface area contributed by atoms with Crippen LogP contribution in [0.5, 0.6) is 5.75 Å². The van der Waals surface area contributed by atoms with E-state index >= 15 is 0 Å². The summed E-state index contributed by atoms with van der Waals surface area (Å²) < 4.78 is 11.2. The standard InChI is InChI=1S/C26H34ClN5O3/c1-16-24(29)32(17(2)28)22-12-11-20(34-14-6-13-30-25(33)35-26(3,4)5)15-21(22)23(31-16)18-7-9-19(27)10-8-18/h7-12,15-16,24,28H,6,13-14,29H2,1-5H3,(H,30,33). The number of benzene rings is 2. The van der Waals surface area contributed by atoms with Crippen molar-refractivity contribution in [3.63, 3.8) is 0 Å². The van der Waals surface area contributed by atoms with E-state index in [-0.39, 0.29) is 6.04 Å². The maximum Gasteiger partial charge on any atom is 0.407 e. The van der Waals surface area contributed by atoms with Crippen molar-refractivity contribution in [1.29, 1.82) is 5.41 Å². The van der Waals surface area contributed by atoms with E-state index in [1.807, 2.05) is 70.2 Å². The monoisotopic (exact) mass is 499 g/mol. The van der Waals surface area contributed by atoms with Crippen molar-refractivity contribution < 1.29 is 14.3 Å². The Bertz CT molecular complexity index is 1100. The van der Waals surface area contributed by atoms with Gasteiger partial charge in [0.05, 0.1) is 29.9 Å². The lowest BCUT2D eigenvalue weighted by molar-refractivity contribution is 0.0525. The zero-order valence-electron chi connectivity index (χ0n) is 20.9. The molecule has 188 valence electrons. The third-order valence-electron chi connectivity index (χ3n) is 5.34. The molecule has 2 aromatic rings. The molecule has 35 heavy (non-hydrogen) atoms. The predicted octanol–water partition coefficient (Wildman–Crippen LogP) is 4.96. The van der Waals surface area contributed by atoms with Crippen molar-refractivity contribution in [3.8, 4) is 5.75 Å². The van der Waals surface area contributed by atoms with Crippen molar-refractivity contribution in [3.05, 3.63) is 58.6 Å². The third kappa shape index (κ3) is 6.96. The van der Waals surface area contributed by atoms with Gasteiger partial charge in [-0.25, -0.2) is 4.79 Å². The number of benzodiazepines with no additional fused rings is 1. The molecule has 3 rings (SSSR count). The van der Waals surface area contributed by atoms with Crippen LogP contribution in [0.1, 0.15) is 52.2 Å². The van der Waals surface area contributed by atoms with Crippen LogP contribution in [0.25, 0.3) is 0 Å². The van der Waals surface area contributed by atoms with E-state index in [4.69, 9.17) is 37.2 Å². The van der Waals surface area contributed by atoms with Gasteiger partial charge in [-0.3, -0.25) is 10.4 Å². The molecule has 1 aliphatic rings. The Balaban J connectivity index is 1.81. The molecule has 0 radical (unpaired) electrons. The Morgan fingerprint density at radius 3 is 2.54 bits per heavy atom. The molecule has 1 amide bonds. The molecule has 2 unspecified atom stereocenters. The lowest BCUT2D eigenvalue weighted by Crippen LogP contribution is -2.50. The number of nitrogens with zero attached hydrogens (tertiary/aromatic N) is 2. The van der Waals surface area contributed by atoms with Crippen molar-refractivity contribution in [2.45, 2.75) is 58.8 Å². The molecule has 0 aliphatic carbocycles. The first-order valence-corrected chi connectivity index (χ1v) is 12.0. The van der Waals surface area contributed by atoms with Gasteiger partial charge in [-0.2, -0.15) is 0 Å². The number of alkyl carbamates (subject to hydrolysis) is 1. The Hall–Kier alpha value is -3.10. The van der Waals surface area contributed by atoms with Crippen LogP contribution in [-0.2, 0) is 4.74 Å². The highest BCUT2D eigenvalue weighted by molar-refractivity contribution is 6.30. The normalized spacial score (nSPS) is 17.7. The van der Waals surface area contributed by atoms with Crippen molar-refractivity contribution in [2.75, 3.05) is 18.1 Å². The van der Waals surface area contributed by atoms with Crippen LogP contribution in [0.3, 0.4) is 0 Å². The minimum Gasteiger partial charge on any atom is -0.494 e. The molecular weight excluding hydrogens is 466 g/mol. The van der Waals surface area contributed by atoms with Crippen LogP contribution < -0.4 is 20.7 Å². The number of hydrogen-bond acceptors (Lipinski definition) is 6. The molecule has 9 heteroatoms. The molecule has 0 bridgehead atoms. The maximum absolute atomic E-state index is 11.8. The van der Waals surface area contributed by atoms with Gasteiger partial charge in [0, 0.05) is 22.7 Å². The summed E-state index contributed by atoms with van der Waals surface area (Å²) >= 11 is 6.11. The van der Waals surface area contributed by atoms with Gasteiger partial charge in [-0.15, -0.1) is 0 Å². The second-order valence-corrected chi connectivity index (χ2v) is 9.92. The van der Waals surface area contributed by atoms with Gasteiger partial charge in [-0.05, 0) is 71.4 Å². The lowest BCUT2D eigenvalue weighted by atomic mass is 9.99. The fourth-order valence-corrected chi connectivity index (χ4v) is 3.87. The number of aliphatic imine (C=N–C) groups is 1. The number of fused-ring (bicyclic) bond motifs is 1. The van der Waals surface area contributed by atoms with E-state index in [1.54, 1.807) is 11.8 Å². The van der Waals surface area contributed by atoms with Crippen molar-refractivity contribution in [1.82, 2.24) is 5.32 Å². The summed E-state index contributed by atoms with van der Waals surface area (Å²) in [6.07, 6.45) is -0.317. The predicted molar refractivity (Wildman–Crippen MR) is 141 cm³/mol. The summed E-state index contributed by atoms with van der Waals surface area (Å²) in [5.74, 6) is 0.994. The van der Waals surface area contributed by atoms with Gasteiger partial charge >= 0.3 is 6.09 Å². The number of ether oxygens (including phenoxy) is 2. The first-order valence-electron chi connectivity index (χ1n) is 11.6. The van der Waals surface area contributed by atoms with Crippen LogP contribution in [0.2, 0.25) is 5.02 Å². The van der Waals surface area contributed by atoms with E-state index in [0.717, 1.165) is 22.5 Å². The van der Waals surface area contributed by atoms with Gasteiger partial charge in [-0.1, -0.05) is 23.7 Å². The van der Waals surface area contributed by atoms with E-state index < -0.39 is 17.9 Å². The Kier molecular flexibility index (Phi) is 8.40. The van der Waals surface area contributed by atoms with E-state index in [0.29, 0.717) is 36.2 Å². The van der Waals surface area contributed by atoms with Gasteiger partial charge < -0.3 is 25.4 Å². The highest BCUT2D eigenvalue weighted by Crippen LogP contribution is 2.33. The number of carbonyl (C=O) groups is 1. The minimum atomic E-state index is -0.533. The number of halogens is 1. The first-order chi connectivity index (χ1) is 16.5. The SMILES string of the molecule is CC(=N)N1c2ccc(OCCCNC(=O)OC(C)(C)C)cc2C(c2ccc(Cl)cc2)=NC(C)C1N. The van der Waals surface area contributed by atoms with Gasteiger partial charge in [0.15, 0.2) is 0 Å². The summed E-state index contributed by atoms with van der Waals surface area (Å²) in [6, 6.07) is 12.9. The van der Waals surface area contributed by atoms with Gasteiger partial charge in [0.1, 0.15) is 17.5 Å². The molecule has 4 N–H and O–H groups in total. The summed E-state index contributed by atoms with van der Waals surface area (Å²) in [6.45, 7) is 9.97. The number of nitrogens with one attached hydrogen (secondary N) is 2. The number of amidine groups is 1. The maximum atomic E-state index is 11.8. The summed E-state index contributed by atoms with van der Waals surface area (Å²) in [5.41, 5.74) is 9.25. The third-order valence-corrected chi connectivity index (χ3v) is 5.60. The number of rotatable bonds is 6. The zero-order chi connectivity index (χ0) is 25.8. The Labute approximate surface area is 212 Å². The molecule has 2 atom stereocenters. The number of anilines is 1. The fourth-order valence-electron chi connectivity index (χ4n) is 3.74. The first kappa shape index (κ1) is 26.5. The second kappa shape index (κ2) is 11.1. The van der Waals surface area contributed by atoms with E-state index in [1.165, 1.54) is 0 Å². The average Bonchev–Trinajstić information content (AvgIpc) is 2.87. The number of carbonyl (C=O) groups excluding carboxylic acids is 1. The van der Waals surface area contributed by atoms with Crippen molar-refractivity contribution >= 4 is 34.9 Å². The molecule has 2 aromatic carbocycles. The molecule has 1 aliphatic heterocycles. The smallest absolute Gasteiger partial charge is 0.407 e. The lowest BCUT2D eigenvalue weighted by Gasteiger charge is -2.31. The molecule has 8 nitrogen and oxygen atoms in total. The molecule has 0 aromatic heterocycles. The number of amides is 1. The molecule has 1 heterocycles. The number of hydrogen-bond donors (Lipinski definition) is 3. The minimum absolute atomic E-state index is 0.253. The molecule has 0 saturated carbocycles. The van der Waals surface area contributed by atoms with Gasteiger partial charge in [0.2, 0.25) is 0 Å². The highest BCUT2D eigenvalue weighted by atomic mass is 35.5. The summed E-state index contributed by atoms with van der Waals surface area (Å²) in [5, 5.41) is 11.7. The number of nitrogens with two attached hydrogens (primary N) is 1. The van der Waals surface area contributed by atoms with Crippen LogP contribution in [-0.4, -0.2) is 48.6 Å². The van der Waals surface area contributed by atoms with E-state index in [2.05, 4.69) is 5.32 Å². The average molecular weight is 500 g/mol. The molecule has 0 fully saturated rings. The van der Waals surface area contributed by atoms with Crippen LogP contribution in [0, 0.1) is 5.41 Å². The van der Waals surface area contributed by atoms with Gasteiger partial charge in [0.25, 0.3) is 0 Å².